The Morgan fingerprint density at radius 1 is 1.06 bits per heavy atom. The second kappa shape index (κ2) is 9.70. The standard InChI is InChI=1S/C23H30N2O5S/c1-5-24(6-2)31(27,28)20-11-12-21-17(14-20)8-7-13-25(21)23(26)15-18-9-10-19(29-3)16-22(18)30-4/h9-12,14,16H,5-8,13,15H2,1-4H3. The molecular weight excluding hydrogens is 416 g/mol. The molecule has 0 unspecified atom stereocenters. The van der Waals surface area contributed by atoms with Crippen molar-refractivity contribution in [2.24, 2.45) is 0 Å². The van der Waals surface area contributed by atoms with Crippen molar-refractivity contribution >= 4 is 21.6 Å². The molecule has 0 aromatic heterocycles. The molecule has 168 valence electrons. The molecule has 31 heavy (non-hydrogen) atoms. The summed E-state index contributed by atoms with van der Waals surface area (Å²) in [6.07, 6.45) is 1.71. The maximum absolute atomic E-state index is 13.1. The molecule has 1 aliphatic rings. The molecule has 2 aromatic rings. The normalized spacial score (nSPS) is 13.8. The van der Waals surface area contributed by atoms with Crippen molar-refractivity contribution in [2.75, 3.05) is 38.8 Å². The number of benzene rings is 2. The summed E-state index contributed by atoms with van der Waals surface area (Å²) in [5.41, 5.74) is 2.44. The summed E-state index contributed by atoms with van der Waals surface area (Å²) in [4.78, 5) is 15.2. The van der Waals surface area contributed by atoms with Crippen LogP contribution >= 0.6 is 0 Å². The Morgan fingerprint density at radius 2 is 1.81 bits per heavy atom. The van der Waals surface area contributed by atoms with Crippen LogP contribution in [0.4, 0.5) is 5.69 Å². The number of hydrogen-bond acceptors (Lipinski definition) is 5. The number of methoxy groups -OCH3 is 2. The minimum atomic E-state index is -3.54. The van der Waals surface area contributed by atoms with Gasteiger partial charge in [0, 0.05) is 37.0 Å². The van der Waals surface area contributed by atoms with Crippen molar-refractivity contribution in [3.63, 3.8) is 0 Å². The summed E-state index contributed by atoms with van der Waals surface area (Å²) in [6.45, 7) is 5.10. The molecule has 0 saturated heterocycles. The number of sulfonamides is 1. The van der Waals surface area contributed by atoms with Crippen LogP contribution in [-0.2, 0) is 27.7 Å². The first kappa shape index (κ1) is 23.1. The molecule has 0 spiro atoms. The van der Waals surface area contributed by atoms with Crippen LogP contribution in [0.3, 0.4) is 0 Å². The zero-order valence-electron chi connectivity index (χ0n) is 18.6. The summed E-state index contributed by atoms with van der Waals surface area (Å²) >= 11 is 0. The number of anilines is 1. The van der Waals surface area contributed by atoms with Crippen LogP contribution < -0.4 is 14.4 Å². The molecule has 1 heterocycles. The summed E-state index contributed by atoms with van der Waals surface area (Å²) < 4.78 is 37.8. The number of carbonyl (C=O) groups is 1. The molecule has 0 aliphatic carbocycles. The molecule has 1 aliphatic heterocycles. The fraction of sp³-hybridized carbons (Fsp3) is 0.435. The van der Waals surface area contributed by atoms with E-state index in [1.807, 2.05) is 19.9 Å². The molecule has 7 nitrogen and oxygen atoms in total. The third-order valence-corrected chi connectivity index (χ3v) is 7.70. The maximum atomic E-state index is 13.1. The first-order chi connectivity index (χ1) is 14.8. The van der Waals surface area contributed by atoms with Gasteiger partial charge in [-0.2, -0.15) is 4.31 Å². The lowest BCUT2D eigenvalue weighted by Crippen LogP contribution is -2.37. The van der Waals surface area contributed by atoms with Crippen molar-refractivity contribution in [3.8, 4) is 11.5 Å². The number of fused-ring (bicyclic) bond motifs is 1. The number of ether oxygens (including phenoxy) is 2. The van der Waals surface area contributed by atoms with E-state index >= 15 is 0 Å². The van der Waals surface area contributed by atoms with Crippen molar-refractivity contribution in [1.82, 2.24) is 4.31 Å². The van der Waals surface area contributed by atoms with Crippen LogP contribution in [0.15, 0.2) is 41.3 Å². The minimum Gasteiger partial charge on any atom is -0.497 e. The van der Waals surface area contributed by atoms with Gasteiger partial charge in [-0.3, -0.25) is 4.79 Å². The average Bonchev–Trinajstić information content (AvgIpc) is 2.79. The van der Waals surface area contributed by atoms with Crippen LogP contribution in [0.5, 0.6) is 11.5 Å². The predicted octanol–water partition coefficient (Wildman–Crippen LogP) is 3.26. The largest absolute Gasteiger partial charge is 0.497 e. The first-order valence-electron chi connectivity index (χ1n) is 10.5. The average molecular weight is 447 g/mol. The zero-order chi connectivity index (χ0) is 22.6. The lowest BCUT2D eigenvalue weighted by Gasteiger charge is -2.30. The van der Waals surface area contributed by atoms with Gasteiger partial charge in [0.1, 0.15) is 11.5 Å². The van der Waals surface area contributed by atoms with Crippen LogP contribution in [-0.4, -0.2) is 52.5 Å². The highest BCUT2D eigenvalue weighted by molar-refractivity contribution is 7.89. The Morgan fingerprint density at radius 3 is 2.45 bits per heavy atom. The summed E-state index contributed by atoms with van der Waals surface area (Å²) in [7, 11) is -0.387. The van der Waals surface area contributed by atoms with Crippen LogP contribution in [0.25, 0.3) is 0 Å². The fourth-order valence-electron chi connectivity index (χ4n) is 3.96. The van der Waals surface area contributed by atoms with Crippen molar-refractivity contribution in [3.05, 3.63) is 47.5 Å². The second-order valence-corrected chi connectivity index (χ2v) is 9.32. The molecule has 0 fully saturated rings. The van der Waals surface area contributed by atoms with E-state index in [1.165, 1.54) is 4.31 Å². The highest BCUT2D eigenvalue weighted by Crippen LogP contribution is 2.32. The van der Waals surface area contributed by atoms with E-state index in [0.29, 0.717) is 31.1 Å². The van der Waals surface area contributed by atoms with Gasteiger partial charge in [-0.15, -0.1) is 0 Å². The lowest BCUT2D eigenvalue weighted by atomic mass is 10.0. The van der Waals surface area contributed by atoms with Gasteiger partial charge in [-0.1, -0.05) is 19.9 Å². The highest BCUT2D eigenvalue weighted by Gasteiger charge is 2.27. The molecule has 2 aromatic carbocycles. The van der Waals surface area contributed by atoms with Gasteiger partial charge in [0.25, 0.3) is 0 Å². The third-order valence-electron chi connectivity index (χ3n) is 5.65. The van der Waals surface area contributed by atoms with Gasteiger partial charge in [0.15, 0.2) is 0 Å². The Kier molecular flexibility index (Phi) is 7.23. The minimum absolute atomic E-state index is 0.0521. The third kappa shape index (κ3) is 4.70. The number of amides is 1. The van der Waals surface area contributed by atoms with Gasteiger partial charge in [-0.05, 0) is 42.7 Å². The van der Waals surface area contributed by atoms with Crippen LogP contribution in [0, 0.1) is 0 Å². The van der Waals surface area contributed by atoms with Crippen LogP contribution in [0.2, 0.25) is 0 Å². The topological polar surface area (TPSA) is 76.2 Å². The summed E-state index contributed by atoms with van der Waals surface area (Å²) in [6, 6.07) is 10.5. The monoisotopic (exact) mass is 446 g/mol. The molecule has 1 amide bonds. The number of rotatable bonds is 8. The van der Waals surface area contributed by atoms with E-state index in [2.05, 4.69) is 0 Å². The van der Waals surface area contributed by atoms with Crippen LogP contribution in [0.1, 0.15) is 31.4 Å². The molecule has 0 N–H and O–H groups in total. The van der Waals surface area contributed by atoms with Gasteiger partial charge >= 0.3 is 0 Å². The Labute approximate surface area is 184 Å². The summed E-state index contributed by atoms with van der Waals surface area (Å²) in [5, 5.41) is 0. The number of hydrogen-bond donors (Lipinski definition) is 0. The van der Waals surface area contributed by atoms with E-state index < -0.39 is 10.0 Å². The molecule has 0 radical (unpaired) electrons. The number of nitrogens with zero attached hydrogens (tertiary/aromatic N) is 2. The fourth-order valence-corrected chi connectivity index (χ4v) is 5.47. The Bertz CT molecular complexity index is 1050. The second-order valence-electron chi connectivity index (χ2n) is 7.38. The van der Waals surface area contributed by atoms with E-state index in [9.17, 15) is 13.2 Å². The zero-order valence-corrected chi connectivity index (χ0v) is 19.4. The molecule has 0 atom stereocenters. The van der Waals surface area contributed by atoms with Crippen molar-refractivity contribution in [2.45, 2.75) is 38.0 Å². The Balaban J connectivity index is 1.87. The van der Waals surface area contributed by atoms with E-state index in [1.54, 1.807) is 49.5 Å². The van der Waals surface area contributed by atoms with Gasteiger partial charge in [0.2, 0.25) is 15.9 Å². The highest BCUT2D eigenvalue weighted by atomic mass is 32.2. The maximum Gasteiger partial charge on any atom is 0.243 e. The molecule has 8 heteroatoms. The molecular formula is C23H30N2O5S. The molecule has 3 rings (SSSR count). The van der Waals surface area contributed by atoms with Crippen molar-refractivity contribution < 1.29 is 22.7 Å². The Hall–Kier alpha value is -2.58. The summed E-state index contributed by atoms with van der Waals surface area (Å²) in [5.74, 6) is 1.22. The van der Waals surface area contributed by atoms with E-state index in [4.69, 9.17) is 9.47 Å². The number of carbonyl (C=O) groups excluding carboxylic acids is 1. The van der Waals surface area contributed by atoms with E-state index in [-0.39, 0.29) is 17.2 Å². The van der Waals surface area contributed by atoms with Gasteiger partial charge in [-0.25, -0.2) is 8.42 Å². The smallest absolute Gasteiger partial charge is 0.243 e. The SMILES string of the molecule is CCN(CC)S(=O)(=O)c1ccc2c(c1)CCCN2C(=O)Cc1ccc(OC)cc1OC. The van der Waals surface area contributed by atoms with E-state index in [0.717, 1.165) is 29.7 Å². The molecule has 0 saturated carbocycles. The number of aryl methyl sites for hydroxylation is 1. The van der Waals surface area contributed by atoms with Gasteiger partial charge < -0.3 is 14.4 Å². The van der Waals surface area contributed by atoms with Crippen molar-refractivity contribution in [1.29, 1.82) is 0 Å². The van der Waals surface area contributed by atoms with Gasteiger partial charge in [0.05, 0.1) is 25.5 Å². The predicted molar refractivity (Wildman–Crippen MR) is 120 cm³/mol. The lowest BCUT2D eigenvalue weighted by molar-refractivity contribution is -0.118. The first-order valence-corrected chi connectivity index (χ1v) is 11.9. The molecule has 0 bridgehead atoms. The quantitative estimate of drug-likeness (QED) is 0.622.